The van der Waals surface area contributed by atoms with Gasteiger partial charge in [0.25, 0.3) is 17.4 Å². The highest BCUT2D eigenvalue weighted by Crippen LogP contribution is 2.40. The van der Waals surface area contributed by atoms with Crippen molar-refractivity contribution in [2.24, 2.45) is 7.05 Å². The number of piperidine rings is 2. The molecule has 0 saturated carbocycles. The molecule has 5 aliphatic rings. The molecule has 1 unspecified atom stereocenters. The average molecular weight is 809 g/mol. The number of hydrogen-bond donors (Lipinski definition) is 2. The average Bonchev–Trinajstić information content (AvgIpc) is 3.50. The van der Waals surface area contributed by atoms with Gasteiger partial charge >= 0.3 is 0 Å². The zero-order valence-corrected chi connectivity index (χ0v) is 33.5. The van der Waals surface area contributed by atoms with Crippen molar-refractivity contribution in [3.63, 3.8) is 0 Å². The van der Waals surface area contributed by atoms with Crippen LogP contribution in [-0.4, -0.2) is 114 Å². The second-order valence-electron chi connectivity index (χ2n) is 15.6. The molecule has 1 spiro atoms. The van der Waals surface area contributed by atoms with Crippen molar-refractivity contribution in [2.45, 2.75) is 63.3 Å². The monoisotopic (exact) mass is 808 g/mol. The molecule has 2 aromatic carbocycles. The summed E-state index contributed by atoms with van der Waals surface area (Å²) in [6, 6.07) is 7.66. The van der Waals surface area contributed by atoms with Crippen LogP contribution in [0.2, 0.25) is 0 Å². The molecule has 5 amide bonds. The molecule has 3 aromatic rings. The number of carbonyl (C=O) groups is 5. The van der Waals surface area contributed by atoms with Gasteiger partial charge in [0.15, 0.2) is 0 Å². The Hall–Kier alpha value is -6.00. The van der Waals surface area contributed by atoms with E-state index in [9.17, 15) is 28.8 Å². The van der Waals surface area contributed by atoms with E-state index >= 15 is 0 Å². The predicted molar refractivity (Wildman–Crippen MR) is 214 cm³/mol. The van der Waals surface area contributed by atoms with E-state index in [0.29, 0.717) is 56.3 Å². The van der Waals surface area contributed by atoms with Crippen molar-refractivity contribution in [2.75, 3.05) is 53.6 Å². The normalized spacial score (nSPS) is 19.9. The fraction of sp³-hybridized carbons (Fsp3) is 0.442. The lowest BCUT2D eigenvalue weighted by atomic mass is 9.88. The zero-order chi connectivity index (χ0) is 41.4. The molecule has 1 aromatic heterocycles. The number of amides is 5. The van der Waals surface area contributed by atoms with Crippen LogP contribution in [0.1, 0.15) is 75.9 Å². The number of nitrogens with zero attached hydrogens (tertiary/aromatic N) is 4. The number of rotatable bonds is 11. The third-order valence-corrected chi connectivity index (χ3v) is 12.1. The van der Waals surface area contributed by atoms with E-state index in [1.54, 1.807) is 38.0 Å². The van der Waals surface area contributed by atoms with Gasteiger partial charge in [-0.3, -0.25) is 43.9 Å². The van der Waals surface area contributed by atoms with Crippen molar-refractivity contribution in [3.8, 4) is 28.4 Å². The Morgan fingerprint density at radius 1 is 0.966 bits per heavy atom. The second-order valence-corrected chi connectivity index (χ2v) is 15.6. The Kier molecular flexibility index (Phi) is 11.0. The van der Waals surface area contributed by atoms with Gasteiger partial charge in [0.1, 0.15) is 23.3 Å². The Bertz CT molecular complexity index is 2290. The highest BCUT2D eigenvalue weighted by atomic mass is 16.5. The first-order valence-corrected chi connectivity index (χ1v) is 20.0. The van der Waals surface area contributed by atoms with Crippen LogP contribution < -0.4 is 30.4 Å². The second kappa shape index (κ2) is 16.3. The van der Waals surface area contributed by atoms with Gasteiger partial charge in [0.2, 0.25) is 17.7 Å². The number of likely N-dealkylation sites (tertiary alicyclic amines) is 1. The van der Waals surface area contributed by atoms with Crippen molar-refractivity contribution < 1.29 is 42.9 Å². The molecule has 0 bridgehead atoms. The minimum absolute atomic E-state index is 0.00616. The lowest BCUT2D eigenvalue weighted by molar-refractivity contribution is -0.159. The van der Waals surface area contributed by atoms with Crippen LogP contribution in [0, 0.1) is 0 Å². The lowest BCUT2D eigenvalue weighted by Crippen LogP contribution is -2.57. The minimum atomic E-state index is -1.07. The van der Waals surface area contributed by atoms with Crippen molar-refractivity contribution in [1.82, 2.24) is 29.9 Å². The van der Waals surface area contributed by atoms with Gasteiger partial charge < -0.3 is 33.7 Å². The Morgan fingerprint density at radius 3 is 2.46 bits per heavy atom. The van der Waals surface area contributed by atoms with Gasteiger partial charge in [-0.15, -0.1) is 0 Å². The van der Waals surface area contributed by atoms with Gasteiger partial charge in [-0.1, -0.05) is 6.07 Å². The molecule has 8 rings (SSSR count). The number of hydrogen-bond acceptors (Lipinski definition) is 12. The van der Waals surface area contributed by atoms with Crippen molar-refractivity contribution >= 4 is 35.6 Å². The number of aryl methyl sites for hydroxylation is 1. The van der Waals surface area contributed by atoms with Crippen LogP contribution in [-0.2, 0) is 39.3 Å². The number of pyridine rings is 1. The first-order valence-electron chi connectivity index (χ1n) is 20.0. The van der Waals surface area contributed by atoms with Gasteiger partial charge in [0.05, 0.1) is 49.7 Å². The van der Waals surface area contributed by atoms with E-state index in [1.165, 1.54) is 6.07 Å². The zero-order valence-electron chi connectivity index (χ0n) is 33.5. The molecule has 16 heteroatoms. The Morgan fingerprint density at radius 2 is 1.73 bits per heavy atom. The highest BCUT2D eigenvalue weighted by molar-refractivity contribution is 6.24. The van der Waals surface area contributed by atoms with Crippen LogP contribution >= 0.6 is 0 Å². The topological polar surface area (TPSA) is 178 Å². The fourth-order valence-corrected chi connectivity index (χ4v) is 8.87. The number of nitrogens with one attached hydrogen (secondary N) is 2. The van der Waals surface area contributed by atoms with Crippen molar-refractivity contribution in [3.05, 3.63) is 80.9 Å². The largest absolute Gasteiger partial charge is 0.496 e. The molecule has 5 aliphatic heterocycles. The van der Waals surface area contributed by atoms with Gasteiger partial charge in [-0.2, -0.15) is 0 Å². The molecule has 16 nitrogen and oxygen atoms in total. The van der Waals surface area contributed by atoms with E-state index in [2.05, 4.69) is 15.5 Å². The number of ether oxygens (including phenoxy) is 4. The third kappa shape index (κ3) is 7.58. The summed E-state index contributed by atoms with van der Waals surface area (Å²) in [6.45, 7) is 4.13. The summed E-state index contributed by atoms with van der Waals surface area (Å²) in [7, 11) is 5.06. The number of carbonyl (C=O) groups excluding carboxylic acids is 5. The quantitative estimate of drug-likeness (QED) is 0.214. The SMILES string of the molecule is COc1cc(-c2cn(C)c(=O)c3c2C=CNC3)cc(OC)c1CN1CCC2(CC1)CN(C(=O)CCCOc1cccc3c1C(=O)N(C1CCC(=O)NC1=O)C3=O)CCO2. The predicted octanol–water partition coefficient (Wildman–Crippen LogP) is 2.60. The molecule has 0 radical (unpaired) electrons. The van der Waals surface area contributed by atoms with E-state index < -0.39 is 35.3 Å². The molecular formula is C43H48N6O10. The van der Waals surface area contributed by atoms with E-state index in [4.69, 9.17) is 18.9 Å². The molecule has 1 atom stereocenters. The maximum atomic E-state index is 13.5. The van der Waals surface area contributed by atoms with Gasteiger partial charge in [0, 0.05) is 76.5 Å². The van der Waals surface area contributed by atoms with E-state index in [0.717, 1.165) is 53.1 Å². The van der Waals surface area contributed by atoms with Crippen LogP contribution in [0.5, 0.6) is 17.2 Å². The summed E-state index contributed by atoms with van der Waals surface area (Å²) in [5, 5.41) is 5.34. The number of methoxy groups -OCH3 is 2. The Balaban J connectivity index is 0.857. The fourth-order valence-electron chi connectivity index (χ4n) is 8.87. The maximum Gasteiger partial charge on any atom is 0.266 e. The molecule has 3 saturated heterocycles. The number of benzene rings is 2. The summed E-state index contributed by atoms with van der Waals surface area (Å²) >= 11 is 0. The van der Waals surface area contributed by atoms with Crippen LogP contribution in [0.25, 0.3) is 17.2 Å². The molecule has 0 aliphatic carbocycles. The highest BCUT2D eigenvalue weighted by Gasteiger charge is 2.46. The number of aromatic nitrogens is 1. The summed E-state index contributed by atoms with van der Waals surface area (Å²) < 4.78 is 25.8. The van der Waals surface area contributed by atoms with Crippen LogP contribution in [0.3, 0.4) is 0 Å². The van der Waals surface area contributed by atoms with E-state index in [1.807, 2.05) is 35.5 Å². The summed E-state index contributed by atoms with van der Waals surface area (Å²) in [5.41, 5.74) is 4.06. The number of imide groups is 2. The summed E-state index contributed by atoms with van der Waals surface area (Å²) in [4.78, 5) is 82.1. The maximum absolute atomic E-state index is 13.5. The first kappa shape index (κ1) is 39.8. The smallest absolute Gasteiger partial charge is 0.266 e. The molecular weight excluding hydrogens is 761 g/mol. The van der Waals surface area contributed by atoms with Gasteiger partial charge in [-0.25, -0.2) is 0 Å². The van der Waals surface area contributed by atoms with Crippen LogP contribution in [0.4, 0.5) is 0 Å². The molecule has 6 heterocycles. The Labute approximate surface area is 341 Å². The van der Waals surface area contributed by atoms with Gasteiger partial charge in [-0.05, 0) is 73.4 Å². The van der Waals surface area contributed by atoms with Crippen molar-refractivity contribution in [1.29, 1.82) is 0 Å². The molecule has 310 valence electrons. The lowest BCUT2D eigenvalue weighted by Gasteiger charge is -2.47. The number of fused-ring (bicyclic) bond motifs is 2. The summed E-state index contributed by atoms with van der Waals surface area (Å²) in [5.74, 6) is -0.761. The summed E-state index contributed by atoms with van der Waals surface area (Å²) in [6.07, 6.45) is 7.84. The molecule has 2 N–H and O–H groups in total. The molecule has 3 fully saturated rings. The van der Waals surface area contributed by atoms with E-state index in [-0.39, 0.29) is 54.2 Å². The first-order chi connectivity index (χ1) is 28.5. The molecule has 59 heavy (non-hydrogen) atoms. The van der Waals surface area contributed by atoms with Crippen LogP contribution in [0.15, 0.2) is 47.5 Å². The minimum Gasteiger partial charge on any atom is -0.496 e. The standard InChI is InChI=1S/C43H48N6O10/c1-46-23-30(27-11-14-44-22-29(27)40(46)53)26-20-34(56-2)31(35(21-26)57-3)24-47-15-12-43(13-16-47)25-48(17-19-59-43)37(51)8-5-18-58-33-7-4-6-28-38(33)42(55)49(41(28)54)32-9-10-36(50)45-39(32)52/h4,6-7,11,14,20-21,23,32,44H,5,8-10,12-13,15-19,22,24-25H2,1-3H3,(H,45,50,52). The number of morpholine rings is 1. The third-order valence-electron chi connectivity index (χ3n) is 12.1.